The minimum atomic E-state index is 0.629. The van der Waals surface area contributed by atoms with Gasteiger partial charge in [0.1, 0.15) is 11.5 Å². The molecule has 0 atom stereocenters. The minimum Gasteiger partial charge on any atom is -0.497 e. The standard InChI is InChI=1S/C20H20N4O2S/c1-25-17-9-8-16(18(12-17)26-2)13-22-24-19-10-11-21-20(23-19)27-14-15-6-4-3-5-7-15/h3-13H,14H2,1-2H3,(H,21,23,24)/b22-13-. The summed E-state index contributed by atoms with van der Waals surface area (Å²) in [7, 11) is 3.23. The highest BCUT2D eigenvalue weighted by molar-refractivity contribution is 7.98. The maximum Gasteiger partial charge on any atom is 0.189 e. The van der Waals surface area contributed by atoms with Crippen LogP contribution in [0.15, 0.2) is 71.1 Å². The van der Waals surface area contributed by atoms with Gasteiger partial charge in [0.25, 0.3) is 0 Å². The zero-order valence-corrected chi connectivity index (χ0v) is 15.9. The van der Waals surface area contributed by atoms with E-state index in [1.807, 2.05) is 36.4 Å². The highest BCUT2D eigenvalue weighted by Crippen LogP contribution is 2.23. The molecule has 0 aliphatic rings. The van der Waals surface area contributed by atoms with E-state index in [1.54, 1.807) is 44.5 Å². The maximum atomic E-state index is 5.36. The monoisotopic (exact) mass is 380 g/mol. The molecule has 0 unspecified atom stereocenters. The summed E-state index contributed by atoms with van der Waals surface area (Å²) in [4.78, 5) is 8.76. The van der Waals surface area contributed by atoms with Gasteiger partial charge in [0.2, 0.25) is 0 Å². The van der Waals surface area contributed by atoms with Crippen LogP contribution in [0.1, 0.15) is 11.1 Å². The first-order chi connectivity index (χ1) is 13.3. The van der Waals surface area contributed by atoms with Crippen LogP contribution in [0.3, 0.4) is 0 Å². The van der Waals surface area contributed by atoms with Crippen LogP contribution in [-0.2, 0) is 5.75 Å². The van der Waals surface area contributed by atoms with Gasteiger partial charge in [-0.05, 0) is 17.7 Å². The summed E-state index contributed by atoms with van der Waals surface area (Å²) in [5, 5.41) is 4.94. The third-order valence-corrected chi connectivity index (χ3v) is 4.60. The molecule has 0 amide bonds. The van der Waals surface area contributed by atoms with Crippen molar-refractivity contribution in [3.05, 3.63) is 71.9 Å². The Hall–Kier alpha value is -3.06. The Morgan fingerprint density at radius 3 is 2.70 bits per heavy atom. The van der Waals surface area contributed by atoms with Crippen molar-refractivity contribution < 1.29 is 9.47 Å². The average Bonchev–Trinajstić information content (AvgIpc) is 2.73. The second-order valence-corrected chi connectivity index (χ2v) is 6.42. The molecule has 0 saturated heterocycles. The van der Waals surface area contributed by atoms with Gasteiger partial charge in [0, 0.05) is 29.6 Å². The van der Waals surface area contributed by atoms with Crippen LogP contribution in [0.25, 0.3) is 0 Å². The molecule has 1 N–H and O–H groups in total. The Morgan fingerprint density at radius 2 is 1.93 bits per heavy atom. The van der Waals surface area contributed by atoms with Gasteiger partial charge < -0.3 is 9.47 Å². The van der Waals surface area contributed by atoms with Gasteiger partial charge in [-0.1, -0.05) is 42.1 Å². The molecule has 2 aromatic carbocycles. The fourth-order valence-electron chi connectivity index (χ4n) is 2.29. The molecule has 0 aliphatic heterocycles. The molecule has 0 bridgehead atoms. The number of hydrogen-bond acceptors (Lipinski definition) is 7. The summed E-state index contributed by atoms with van der Waals surface area (Å²) in [6.45, 7) is 0. The van der Waals surface area contributed by atoms with E-state index in [0.29, 0.717) is 16.7 Å². The van der Waals surface area contributed by atoms with Crippen LogP contribution in [0.5, 0.6) is 11.5 Å². The zero-order valence-electron chi connectivity index (χ0n) is 15.1. The molecule has 0 fully saturated rings. The van der Waals surface area contributed by atoms with Crippen LogP contribution in [0.2, 0.25) is 0 Å². The largest absolute Gasteiger partial charge is 0.497 e. The molecule has 6 nitrogen and oxygen atoms in total. The average molecular weight is 380 g/mol. The second-order valence-electron chi connectivity index (χ2n) is 5.48. The van der Waals surface area contributed by atoms with Crippen LogP contribution in [-0.4, -0.2) is 30.4 Å². The Bertz CT molecular complexity index is 903. The molecule has 27 heavy (non-hydrogen) atoms. The molecule has 3 aromatic rings. The first kappa shape index (κ1) is 18.7. The number of ether oxygens (including phenoxy) is 2. The summed E-state index contributed by atoms with van der Waals surface area (Å²) < 4.78 is 10.5. The van der Waals surface area contributed by atoms with Gasteiger partial charge in [-0.15, -0.1) is 0 Å². The molecule has 1 aromatic heterocycles. The van der Waals surface area contributed by atoms with E-state index in [1.165, 1.54) is 5.56 Å². The van der Waals surface area contributed by atoms with Crippen molar-refractivity contribution >= 4 is 23.8 Å². The van der Waals surface area contributed by atoms with E-state index in [-0.39, 0.29) is 0 Å². The number of anilines is 1. The first-order valence-electron chi connectivity index (χ1n) is 8.29. The van der Waals surface area contributed by atoms with Crippen molar-refractivity contribution in [2.75, 3.05) is 19.6 Å². The lowest BCUT2D eigenvalue weighted by Crippen LogP contribution is -1.97. The summed E-state index contributed by atoms with van der Waals surface area (Å²) in [5.41, 5.74) is 4.99. The minimum absolute atomic E-state index is 0.629. The van der Waals surface area contributed by atoms with Crippen LogP contribution in [0.4, 0.5) is 5.82 Å². The number of hydrogen-bond donors (Lipinski definition) is 1. The highest BCUT2D eigenvalue weighted by atomic mass is 32.2. The number of rotatable bonds is 8. The van der Waals surface area contributed by atoms with Gasteiger partial charge in [-0.2, -0.15) is 5.10 Å². The lowest BCUT2D eigenvalue weighted by atomic mass is 10.2. The number of aromatic nitrogens is 2. The van der Waals surface area contributed by atoms with Gasteiger partial charge in [0.15, 0.2) is 11.0 Å². The quantitative estimate of drug-likeness (QED) is 0.273. The predicted octanol–water partition coefficient (Wildman–Crippen LogP) is 4.23. The first-order valence-corrected chi connectivity index (χ1v) is 9.28. The van der Waals surface area contributed by atoms with Gasteiger partial charge in [-0.25, -0.2) is 9.97 Å². The molecule has 138 valence electrons. The lowest BCUT2D eigenvalue weighted by Gasteiger charge is -2.07. The van der Waals surface area contributed by atoms with Crippen molar-refractivity contribution in [1.82, 2.24) is 9.97 Å². The molecule has 0 spiro atoms. The molecule has 0 saturated carbocycles. The summed E-state index contributed by atoms with van der Waals surface area (Å²) in [6, 6.07) is 17.5. The Morgan fingerprint density at radius 1 is 1.07 bits per heavy atom. The van der Waals surface area contributed by atoms with Crippen molar-refractivity contribution in [3.8, 4) is 11.5 Å². The maximum absolute atomic E-state index is 5.36. The zero-order chi connectivity index (χ0) is 18.9. The molecule has 7 heteroatoms. The molecule has 1 heterocycles. The molecule has 0 aliphatic carbocycles. The second kappa shape index (κ2) is 9.59. The van der Waals surface area contributed by atoms with Crippen LogP contribution < -0.4 is 14.9 Å². The van der Waals surface area contributed by atoms with Gasteiger partial charge >= 0.3 is 0 Å². The Labute approximate surface area is 162 Å². The molecule has 3 rings (SSSR count). The summed E-state index contributed by atoms with van der Waals surface area (Å²) in [5.74, 6) is 2.86. The number of nitrogens with one attached hydrogen (secondary N) is 1. The third kappa shape index (κ3) is 5.46. The summed E-state index contributed by atoms with van der Waals surface area (Å²) >= 11 is 1.58. The van der Waals surface area contributed by atoms with E-state index >= 15 is 0 Å². The number of methoxy groups -OCH3 is 2. The number of hydrazone groups is 1. The van der Waals surface area contributed by atoms with Gasteiger partial charge in [0.05, 0.1) is 20.4 Å². The van der Waals surface area contributed by atoms with Crippen LogP contribution >= 0.6 is 11.8 Å². The summed E-state index contributed by atoms with van der Waals surface area (Å²) in [6.07, 6.45) is 3.39. The number of thioether (sulfide) groups is 1. The molecular weight excluding hydrogens is 360 g/mol. The topological polar surface area (TPSA) is 68.6 Å². The predicted molar refractivity (Wildman–Crippen MR) is 109 cm³/mol. The fourth-order valence-corrected chi connectivity index (χ4v) is 3.07. The molecular formula is C20H20N4O2S. The fraction of sp³-hybridized carbons (Fsp3) is 0.150. The Kier molecular flexibility index (Phi) is 6.65. The van der Waals surface area contributed by atoms with Crippen LogP contribution in [0, 0.1) is 0 Å². The normalized spacial score (nSPS) is 10.7. The van der Waals surface area contributed by atoms with E-state index in [9.17, 15) is 0 Å². The SMILES string of the molecule is COc1ccc(/C=N\Nc2ccnc(SCc3ccccc3)n2)c(OC)c1. The van der Waals surface area contributed by atoms with E-state index in [0.717, 1.165) is 17.1 Å². The lowest BCUT2D eigenvalue weighted by molar-refractivity contribution is 0.394. The number of benzene rings is 2. The van der Waals surface area contributed by atoms with Crippen molar-refractivity contribution in [2.45, 2.75) is 10.9 Å². The van der Waals surface area contributed by atoms with Crippen molar-refractivity contribution in [1.29, 1.82) is 0 Å². The highest BCUT2D eigenvalue weighted by Gasteiger charge is 2.03. The van der Waals surface area contributed by atoms with E-state index in [4.69, 9.17) is 9.47 Å². The van der Waals surface area contributed by atoms with Crippen molar-refractivity contribution in [2.24, 2.45) is 5.10 Å². The van der Waals surface area contributed by atoms with Gasteiger partial charge in [-0.3, -0.25) is 5.43 Å². The smallest absolute Gasteiger partial charge is 0.189 e. The Balaban J connectivity index is 1.62. The molecule has 0 radical (unpaired) electrons. The van der Waals surface area contributed by atoms with E-state index < -0.39 is 0 Å². The third-order valence-electron chi connectivity index (χ3n) is 3.67. The van der Waals surface area contributed by atoms with Crippen molar-refractivity contribution in [3.63, 3.8) is 0 Å². The van der Waals surface area contributed by atoms with E-state index in [2.05, 4.69) is 32.6 Å². The number of nitrogens with zero attached hydrogens (tertiary/aromatic N) is 3.